The summed E-state index contributed by atoms with van der Waals surface area (Å²) in [5, 5.41) is 21.9. The van der Waals surface area contributed by atoms with Crippen LogP contribution in [0, 0.1) is 11.8 Å². The molecule has 0 amide bonds. The van der Waals surface area contributed by atoms with Gasteiger partial charge in [-0.1, -0.05) is 85.7 Å². The molecule has 1 aromatic carbocycles. The molecule has 5 atom stereocenters. The number of carbonyl (C=O) groups is 1. The lowest BCUT2D eigenvalue weighted by molar-refractivity contribution is -0.174. The maximum Gasteiger partial charge on any atom is 0.345 e. The van der Waals surface area contributed by atoms with E-state index in [9.17, 15) is 15.0 Å². The quantitative estimate of drug-likeness (QED) is 0.216. The molecule has 1 aromatic rings. The van der Waals surface area contributed by atoms with Gasteiger partial charge >= 0.3 is 5.97 Å². The van der Waals surface area contributed by atoms with Crippen LogP contribution in [0.5, 0.6) is 0 Å². The minimum absolute atomic E-state index is 0.115. The van der Waals surface area contributed by atoms with E-state index in [4.69, 9.17) is 13.9 Å². The number of rotatable bonds is 13. The van der Waals surface area contributed by atoms with Crippen LogP contribution in [-0.4, -0.2) is 55.5 Å². The minimum atomic E-state index is -2.25. The molecule has 198 valence electrons. The van der Waals surface area contributed by atoms with Crippen LogP contribution in [0.15, 0.2) is 42.5 Å². The summed E-state index contributed by atoms with van der Waals surface area (Å²) in [6.45, 7) is 17.5. The molecule has 1 aliphatic rings. The van der Waals surface area contributed by atoms with Gasteiger partial charge in [0.2, 0.25) is 13.9 Å². The number of aliphatic hydroxyl groups excluding tert-OH is 1. The molecule has 0 saturated carbocycles. The van der Waals surface area contributed by atoms with Gasteiger partial charge in [-0.2, -0.15) is 0 Å². The zero-order valence-corrected chi connectivity index (χ0v) is 23.7. The number of cyclic esters (lactones) is 1. The van der Waals surface area contributed by atoms with Crippen LogP contribution < -0.4 is 0 Å². The second kappa shape index (κ2) is 12.6. The highest BCUT2D eigenvalue weighted by molar-refractivity contribution is 6.77. The number of esters is 1. The van der Waals surface area contributed by atoms with E-state index in [1.165, 1.54) is 6.08 Å². The van der Waals surface area contributed by atoms with Crippen LogP contribution in [0.3, 0.4) is 0 Å². The van der Waals surface area contributed by atoms with Crippen molar-refractivity contribution in [3.05, 3.63) is 48.0 Å². The molecule has 0 bridgehead atoms. The van der Waals surface area contributed by atoms with Crippen LogP contribution in [-0.2, 0) is 25.3 Å². The molecule has 0 aliphatic carbocycles. The number of hydrogen-bond acceptors (Lipinski definition) is 6. The second-order valence-corrected chi connectivity index (χ2v) is 16.5. The number of hydrogen-bond donors (Lipinski definition) is 2. The van der Waals surface area contributed by atoms with Crippen molar-refractivity contribution >= 4 is 14.3 Å². The van der Waals surface area contributed by atoms with Gasteiger partial charge in [0.05, 0.1) is 25.9 Å². The van der Waals surface area contributed by atoms with Crippen molar-refractivity contribution in [3.8, 4) is 0 Å². The Morgan fingerprint density at radius 1 is 1.00 bits per heavy atom. The first-order chi connectivity index (χ1) is 16.3. The zero-order valence-electron chi connectivity index (χ0n) is 22.7. The molecule has 0 spiro atoms. The predicted octanol–water partition coefficient (Wildman–Crippen LogP) is 5.24. The maximum absolute atomic E-state index is 12.9. The van der Waals surface area contributed by atoms with E-state index in [-0.39, 0.29) is 18.4 Å². The topological polar surface area (TPSA) is 85.2 Å². The fourth-order valence-corrected chi connectivity index (χ4v) is 10.9. The lowest BCUT2D eigenvalue weighted by Crippen LogP contribution is -2.55. The first-order valence-corrected chi connectivity index (χ1v) is 15.1. The van der Waals surface area contributed by atoms with Crippen LogP contribution in [0.2, 0.25) is 16.6 Å². The fraction of sp³-hybridized carbons (Fsp3) is 0.679. The molecule has 2 rings (SSSR count). The van der Waals surface area contributed by atoms with Crippen molar-refractivity contribution < 1.29 is 28.9 Å². The molecule has 6 nitrogen and oxygen atoms in total. The number of ether oxygens (including phenoxy) is 2. The van der Waals surface area contributed by atoms with Gasteiger partial charge in [-0.05, 0) is 34.3 Å². The summed E-state index contributed by atoms with van der Waals surface area (Å²) in [7, 11) is -2.25. The average Bonchev–Trinajstić information content (AvgIpc) is 2.80. The Balaban J connectivity index is 1.99. The summed E-state index contributed by atoms with van der Waals surface area (Å²) in [6, 6.07) is 9.88. The second-order valence-electron chi connectivity index (χ2n) is 11.1. The molecule has 2 N–H and O–H groups in total. The minimum Gasteiger partial charge on any atom is -0.455 e. The van der Waals surface area contributed by atoms with Crippen LogP contribution in [0.25, 0.3) is 0 Å². The van der Waals surface area contributed by atoms with E-state index in [2.05, 4.69) is 41.5 Å². The van der Waals surface area contributed by atoms with Gasteiger partial charge in [0, 0.05) is 11.8 Å². The Labute approximate surface area is 212 Å². The molecule has 0 aromatic heterocycles. The molecular weight excluding hydrogens is 460 g/mol. The maximum atomic E-state index is 12.9. The summed E-state index contributed by atoms with van der Waals surface area (Å²) >= 11 is 0. The largest absolute Gasteiger partial charge is 0.455 e. The van der Waals surface area contributed by atoms with Gasteiger partial charge in [-0.3, -0.25) is 0 Å². The highest BCUT2D eigenvalue weighted by Gasteiger charge is 2.49. The van der Waals surface area contributed by atoms with Gasteiger partial charge in [0.15, 0.2) is 0 Å². The van der Waals surface area contributed by atoms with Crippen LogP contribution >= 0.6 is 0 Å². The first-order valence-electron chi connectivity index (χ1n) is 12.9. The lowest BCUT2D eigenvalue weighted by atomic mass is 9.87. The lowest BCUT2D eigenvalue weighted by Gasteiger charge is -2.44. The van der Waals surface area contributed by atoms with Gasteiger partial charge in [-0.15, -0.1) is 0 Å². The molecule has 1 aliphatic heterocycles. The highest BCUT2D eigenvalue weighted by Crippen LogP contribution is 2.43. The predicted molar refractivity (Wildman–Crippen MR) is 141 cm³/mol. The molecule has 7 heteroatoms. The Morgan fingerprint density at radius 3 is 2.09 bits per heavy atom. The van der Waals surface area contributed by atoms with Crippen molar-refractivity contribution in [2.75, 3.05) is 13.2 Å². The summed E-state index contributed by atoms with van der Waals surface area (Å²) in [4.78, 5) is 12.9. The van der Waals surface area contributed by atoms with Gasteiger partial charge in [0.1, 0.15) is 6.10 Å². The van der Waals surface area contributed by atoms with E-state index in [0.717, 1.165) is 5.56 Å². The normalized spacial score (nSPS) is 23.6. The van der Waals surface area contributed by atoms with Gasteiger partial charge in [-0.25, -0.2) is 4.79 Å². The van der Waals surface area contributed by atoms with Crippen molar-refractivity contribution in [1.82, 2.24) is 0 Å². The highest BCUT2D eigenvalue weighted by atomic mass is 28.4. The summed E-state index contributed by atoms with van der Waals surface area (Å²) in [6.07, 6.45) is 1.80. The average molecular weight is 507 g/mol. The van der Waals surface area contributed by atoms with Crippen molar-refractivity contribution in [3.63, 3.8) is 0 Å². The van der Waals surface area contributed by atoms with E-state index < -0.39 is 32.1 Å². The Bertz CT molecular complexity index is 802. The van der Waals surface area contributed by atoms with E-state index in [1.807, 2.05) is 44.2 Å². The Morgan fingerprint density at radius 2 is 1.57 bits per heavy atom. The molecular formula is C28H46O6Si. The molecule has 0 radical (unpaired) electrons. The summed E-state index contributed by atoms with van der Waals surface area (Å²) in [5.41, 5.74) is 0.268. The third kappa shape index (κ3) is 7.04. The van der Waals surface area contributed by atoms with E-state index >= 15 is 0 Å². The molecule has 0 saturated heterocycles. The molecule has 1 heterocycles. The molecule has 35 heavy (non-hydrogen) atoms. The van der Waals surface area contributed by atoms with Crippen LogP contribution in [0.4, 0.5) is 0 Å². The van der Waals surface area contributed by atoms with Crippen molar-refractivity contribution in [1.29, 1.82) is 0 Å². The van der Waals surface area contributed by atoms with Gasteiger partial charge in [0.25, 0.3) is 0 Å². The third-order valence-corrected chi connectivity index (χ3v) is 13.6. The standard InChI is InChI=1S/C28H46O6Si/c1-19(2)35(20(3)4,21(5)6)33-18-28(31)15-14-25(34-27(28)30)23(8)26(29)22(7)16-32-17-24-12-10-9-11-13-24/h9-15,19-23,25-26,29,31H,16-18H2,1-8H3/t22-,23+,25-,26-,28-/m1/s1. The summed E-state index contributed by atoms with van der Waals surface area (Å²) < 4.78 is 17.9. The molecule has 0 fully saturated rings. The van der Waals surface area contributed by atoms with Gasteiger partial charge < -0.3 is 24.1 Å². The smallest absolute Gasteiger partial charge is 0.345 e. The summed E-state index contributed by atoms with van der Waals surface area (Å²) in [5.74, 6) is -1.23. The van der Waals surface area contributed by atoms with E-state index in [0.29, 0.717) is 29.8 Å². The number of benzene rings is 1. The Hall–Kier alpha value is -1.51. The van der Waals surface area contributed by atoms with Crippen molar-refractivity contribution in [2.45, 2.75) is 96.4 Å². The fourth-order valence-electron chi connectivity index (χ4n) is 5.46. The SMILES string of the molecule is CC(C)[Si](OC[C@]1(O)C=C[C@H]([C@H](C)[C@H](O)[C@H](C)COCc2ccccc2)OC1=O)(C(C)C)C(C)C. The van der Waals surface area contributed by atoms with E-state index in [1.54, 1.807) is 6.08 Å². The zero-order chi connectivity index (χ0) is 26.4. The van der Waals surface area contributed by atoms with Crippen LogP contribution in [0.1, 0.15) is 61.0 Å². The third-order valence-electron chi connectivity index (χ3n) is 7.54. The number of carbonyl (C=O) groups excluding carboxylic acids is 1. The Kier molecular flexibility index (Phi) is 10.7. The van der Waals surface area contributed by atoms with Crippen molar-refractivity contribution in [2.24, 2.45) is 11.8 Å². The first kappa shape index (κ1) is 29.7. The molecule has 0 unspecified atom stereocenters. The monoisotopic (exact) mass is 506 g/mol. The number of aliphatic hydroxyl groups is 2.